The van der Waals surface area contributed by atoms with Crippen LogP contribution in [0.3, 0.4) is 0 Å². The van der Waals surface area contributed by atoms with Crippen molar-refractivity contribution in [1.29, 1.82) is 0 Å². The van der Waals surface area contributed by atoms with Gasteiger partial charge in [-0.05, 0) is 12.8 Å². The number of nitrogens with zero attached hydrogens (tertiary/aromatic N) is 1. The molecule has 0 aliphatic carbocycles. The number of sulfone groups is 1. The summed E-state index contributed by atoms with van der Waals surface area (Å²) in [4.78, 5) is 28.2. The lowest BCUT2D eigenvalue weighted by atomic mass is 9.91. The molecule has 26 heavy (non-hydrogen) atoms. The molecule has 1 heterocycles. The summed E-state index contributed by atoms with van der Waals surface area (Å²) in [6.45, 7) is 3.41. The first-order chi connectivity index (χ1) is 12.4. The van der Waals surface area contributed by atoms with Crippen LogP contribution in [0.5, 0.6) is 11.5 Å². The van der Waals surface area contributed by atoms with E-state index in [1.807, 2.05) is 0 Å². The SMILES string of the molecule is [2H]C(CCC)(CCC)S(=O)(=O)C[C@](N)(C(N)=O)C(=O)c1c(O)cncc1O. The minimum absolute atomic E-state index is 0.0159. The minimum Gasteiger partial charge on any atom is -0.505 e. The fourth-order valence-corrected chi connectivity index (χ4v) is 4.65. The summed E-state index contributed by atoms with van der Waals surface area (Å²) >= 11 is 0. The van der Waals surface area contributed by atoms with Crippen LogP contribution in [0.2, 0.25) is 0 Å². The van der Waals surface area contributed by atoms with E-state index in [0.717, 1.165) is 12.4 Å². The van der Waals surface area contributed by atoms with Gasteiger partial charge >= 0.3 is 0 Å². The number of aromatic nitrogens is 1. The van der Waals surface area contributed by atoms with E-state index in [0.29, 0.717) is 12.8 Å². The van der Waals surface area contributed by atoms with E-state index >= 15 is 0 Å². The number of carbonyl (C=O) groups excluding carboxylic acids is 2. The Balaban J connectivity index is 3.47. The van der Waals surface area contributed by atoms with E-state index in [1.54, 1.807) is 13.8 Å². The number of hydrogen-bond donors (Lipinski definition) is 4. The van der Waals surface area contributed by atoms with Crippen LogP contribution in [0.1, 0.15) is 51.3 Å². The van der Waals surface area contributed by atoms with Crippen LogP contribution in [-0.4, -0.2) is 51.8 Å². The molecule has 0 fully saturated rings. The Morgan fingerprint density at radius 1 is 1.23 bits per heavy atom. The summed E-state index contributed by atoms with van der Waals surface area (Å²) in [5, 5.41) is 17.6. The second-order valence-electron chi connectivity index (χ2n) is 6.02. The van der Waals surface area contributed by atoms with E-state index in [1.165, 1.54) is 0 Å². The van der Waals surface area contributed by atoms with Gasteiger partial charge in [0.25, 0.3) is 0 Å². The number of carbonyl (C=O) groups is 2. The third-order valence-corrected chi connectivity index (χ3v) is 6.02. The normalized spacial score (nSPS) is 15.1. The summed E-state index contributed by atoms with van der Waals surface area (Å²) in [5.41, 5.74) is 7.48. The van der Waals surface area contributed by atoms with Crippen LogP contribution in [0.25, 0.3) is 0 Å². The van der Waals surface area contributed by atoms with Crippen LogP contribution in [0, 0.1) is 0 Å². The van der Waals surface area contributed by atoms with Gasteiger partial charge in [0.1, 0.15) is 17.1 Å². The van der Waals surface area contributed by atoms with Gasteiger partial charge < -0.3 is 21.7 Å². The molecular formula is C16H25N3O6S. The quantitative estimate of drug-likeness (QED) is 0.326. The lowest BCUT2D eigenvalue weighted by Crippen LogP contribution is -2.63. The van der Waals surface area contributed by atoms with Gasteiger partial charge in [0, 0.05) is 1.37 Å². The largest absolute Gasteiger partial charge is 0.505 e. The molecule has 0 aromatic carbocycles. The number of hydrogen-bond acceptors (Lipinski definition) is 8. The molecule has 10 heteroatoms. The Morgan fingerprint density at radius 3 is 2.08 bits per heavy atom. The number of primary amides is 1. The zero-order valence-corrected chi connectivity index (χ0v) is 15.5. The van der Waals surface area contributed by atoms with Crippen LogP contribution in [-0.2, 0) is 14.6 Å². The number of pyridine rings is 1. The second-order valence-corrected chi connectivity index (χ2v) is 8.11. The highest BCUT2D eigenvalue weighted by atomic mass is 32.2. The first-order valence-electron chi connectivity index (χ1n) is 8.58. The molecule has 1 aromatic rings. The Bertz CT molecular complexity index is 803. The molecule has 1 rings (SSSR count). The van der Waals surface area contributed by atoms with Crippen LogP contribution in [0.4, 0.5) is 0 Å². The predicted molar refractivity (Wildman–Crippen MR) is 95.4 cm³/mol. The number of nitrogens with two attached hydrogens (primary N) is 2. The molecule has 0 aliphatic rings. The number of aromatic hydroxyl groups is 2. The fourth-order valence-electron chi connectivity index (χ4n) is 2.54. The van der Waals surface area contributed by atoms with Gasteiger partial charge in [-0.25, -0.2) is 8.42 Å². The molecule has 1 aromatic heterocycles. The van der Waals surface area contributed by atoms with Crippen LogP contribution >= 0.6 is 0 Å². The van der Waals surface area contributed by atoms with Gasteiger partial charge in [-0.15, -0.1) is 0 Å². The first-order valence-corrected chi connectivity index (χ1v) is 9.73. The third-order valence-electron chi connectivity index (χ3n) is 3.89. The molecule has 9 nitrogen and oxygen atoms in total. The van der Waals surface area contributed by atoms with E-state index in [-0.39, 0.29) is 12.8 Å². The highest BCUT2D eigenvalue weighted by molar-refractivity contribution is 7.92. The molecule has 0 radical (unpaired) electrons. The standard InChI is InChI=1S/C16H25N3O6S/c1-3-5-10(6-4-2)26(24,25)9-16(18,15(17)23)14(22)13-11(20)7-19-8-12(13)21/h7-8,10,20-21H,3-6,9,18H2,1-2H3,(H2,17,23)/t16-/m1/s1/i10D. The average molecular weight is 388 g/mol. The van der Waals surface area contributed by atoms with E-state index in [9.17, 15) is 28.2 Å². The smallest absolute Gasteiger partial charge is 0.246 e. The molecule has 0 spiro atoms. The average Bonchev–Trinajstić information content (AvgIpc) is 2.54. The van der Waals surface area contributed by atoms with E-state index < -0.39 is 55.1 Å². The molecule has 0 saturated heterocycles. The molecule has 1 amide bonds. The topological polar surface area (TPSA) is 174 Å². The maximum absolute atomic E-state index is 12.9. The highest BCUT2D eigenvalue weighted by Gasteiger charge is 2.48. The van der Waals surface area contributed by atoms with Crippen molar-refractivity contribution in [3.63, 3.8) is 0 Å². The molecule has 6 N–H and O–H groups in total. The zero-order chi connectivity index (χ0) is 21.0. The van der Waals surface area contributed by atoms with E-state index in [4.69, 9.17) is 12.8 Å². The number of amides is 1. The van der Waals surface area contributed by atoms with Crippen molar-refractivity contribution in [2.75, 3.05) is 5.75 Å². The van der Waals surface area contributed by atoms with Crippen molar-refractivity contribution in [1.82, 2.24) is 4.98 Å². The van der Waals surface area contributed by atoms with Gasteiger partial charge in [0.15, 0.2) is 15.4 Å². The van der Waals surface area contributed by atoms with Crippen LogP contribution < -0.4 is 11.5 Å². The summed E-state index contributed by atoms with van der Waals surface area (Å²) in [5.74, 6) is -5.62. The number of Topliss-reactive ketones (excluding diaryl/α,β-unsaturated/α-hetero) is 1. The Morgan fingerprint density at radius 2 is 1.69 bits per heavy atom. The molecule has 146 valence electrons. The number of ketones is 1. The fraction of sp³-hybridized carbons (Fsp3) is 0.562. The summed E-state index contributed by atoms with van der Waals surface area (Å²) in [6, 6.07) is 0. The Hall–Kier alpha value is -2.20. The van der Waals surface area contributed by atoms with Gasteiger partial charge in [0.2, 0.25) is 11.7 Å². The van der Waals surface area contributed by atoms with Crippen molar-refractivity contribution in [2.24, 2.45) is 11.5 Å². The minimum atomic E-state index is -4.39. The van der Waals surface area contributed by atoms with Crippen molar-refractivity contribution in [3.8, 4) is 11.5 Å². The summed E-state index contributed by atoms with van der Waals surface area (Å²) in [7, 11) is -4.39. The lowest BCUT2D eigenvalue weighted by Gasteiger charge is -2.27. The molecule has 0 unspecified atom stereocenters. The monoisotopic (exact) mass is 388 g/mol. The van der Waals surface area contributed by atoms with E-state index in [2.05, 4.69) is 4.98 Å². The summed E-state index contributed by atoms with van der Waals surface area (Å²) in [6.07, 6.45) is 2.39. The number of rotatable bonds is 10. The third kappa shape index (κ3) is 4.50. The van der Waals surface area contributed by atoms with Crippen LogP contribution in [0.15, 0.2) is 12.4 Å². The molecule has 0 saturated carbocycles. The molecular weight excluding hydrogens is 362 g/mol. The van der Waals surface area contributed by atoms with Gasteiger partial charge in [-0.2, -0.15) is 0 Å². The van der Waals surface area contributed by atoms with Crippen molar-refractivity contribution < 1.29 is 29.6 Å². The zero-order valence-electron chi connectivity index (χ0n) is 15.7. The Labute approximate surface area is 153 Å². The molecule has 0 aliphatic heterocycles. The maximum Gasteiger partial charge on any atom is 0.246 e. The predicted octanol–water partition coefficient (Wildman–Crippen LogP) is 0.242. The lowest BCUT2D eigenvalue weighted by molar-refractivity contribution is -0.120. The first kappa shape index (κ1) is 20.1. The Kier molecular flexibility index (Phi) is 6.54. The van der Waals surface area contributed by atoms with Crippen molar-refractivity contribution >= 4 is 21.5 Å². The van der Waals surface area contributed by atoms with Crippen molar-refractivity contribution in [3.05, 3.63) is 18.0 Å². The maximum atomic E-state index is 12.9. The van der Waals surface area contributed by atoms with Gasteiger partial charge in [0.05, 0.1) is 23.4 Å². The molecule has 0 bridgehead atoms. The second kappa shape index (κ2) is 8.45. The summed E-state index contributed by atoms with van der Waals surface area (Å²) < 4.78 is 34.1. The van der Waals surface area contributed by atoms with Gasteiger partial charge in [-0.1, -0.05) is 26.7 Å². The van der Waals surface area contributed by atoms with Gasteiger partial charge in [-0.3, -0.25) is 14.6 Å². The highest BCUT2D eigenvalue weighted by Crippen LogP contribution is 2.30. The molecule has 1 atom stereocenters. The van der Waals surface area contributed by atoms with Crippen molar-refractivity contribution in [2.45, 2.75) is 50.3 Å².